The number of nitrogens with one attached hydrogen (secondary N) is 1. The van der Waals surface area contributed by atoms with E-state index in [-0.39, 0.29) is 48.4 Å². The van der Waals surface area contributed by atoms with Gasteiger partial charge in [0.25, 0.3) is 5.91 Å². The molecule has 5 N–H and O–H groups in total. The van der Waals surface area contributed by atoms with Gasteiger partial charge in [-0.1, -0.05) is 29.4 Å². The maximum atomic E-state index is 13.2. The zero-order valence-electron chi connectivity index (χ0n) is 20.3. The zero-order chi connectivity index (χ0) is 28.5. The Morgan fingerprint density at radius 2 is 1.74 bits per heavy atom. The smallest absolute Gasteiger partial charge is 0.383 e. The molecule has 0 saturated heterocycles. The molecule has 3 saturated carbocycles. The van der Waals surface area contributed by atoms with Crippen molar-refractivity contribution in [2.75, 3.05) is 11.1 Å². The van der Waals surface area contributed by atoms with Gasteiger partial charge in [0.1, 0.15) is 23.1 Å². The van der Waals surface area contributed by atoms with Gasteiger partial charge >= 0.3 is 12.4 Å². The molecule has 1 atom stereocenters. The van der Waals surface area contributed by atoms with E-state index in [9.17, 15) is 35.9 Å². The lowest BCUT2D eigenvalue weighted by molar-refractivity contribution is -0.338. The second-order valence-corrected chi connectivity index (χ2v) is 10.2. The molecule has 0 radical (unpaired) electrons. The predicted octanol–water partition coefficient (Wildman–Crippen LogP) is 4.51. The van der Waals surface area contributed by atoms with Crippen LogP contribution in [0.25, 0.3) is 11.3 Å². The first-order chi connectivity index (χ1) is 18.1. The number of nitrogens with zero attached hydrogens (tertiary/aromatic N) is 3. The molecule has 208 valence electrons. The molecule has 2 bridgehead atoms. The van der Waals surface area contributed by atoms with Crippen molar-refractivity contribution in [3.8, 4) is 11.3 Å². The molecular weight excluding hydrogens is 534 g/mol. The minimum atomic E-state index is -4.67. The number of rotatable bonds is 7. The van der Waals surface area contributed by atoms with Crippen LogP contribution in [0.2, 0.25) is 0 Å². The first-order valence-corrected chi connectivity index (χ1v) is 11.7. The number of carbonyl (C=O) groups excluding carboxylic acids is 2. The van der Waals surface area contributed by atoms with Gasteiger partial charge in [-0.15, -0.1) is 0 Å². The van der Waals surface area contributed by atoms with E-state index in [0.717, 1.165) is 6.92 Å². The number of nitrogen functional groups attached to an aromatic ring is 1. The Morgan fingerprint density at radius 1 is 1.13 bits per heavy atom. The minimum absolute atomic E-state index is 0.00306. The molecule has 6 rings (SSSR count). The topological polar surface area (TPSA) is 142 Å². The van der Waals surface area contributed by atoms with Crippen molar-refractivity contribution in [1.29, 1.82) is 0 Å². The van der Waals surface area contributed by atoms with E-state index < -0.39 is 46.9 Å². The number of nitrogens with two attached hydrogens (primary N) is 2. The van der Waals surface area contributed by atoms with E-state index in [0.29, 0.717) is 15.9 Å². The Kier molecular flexibility index (Phi) is 5.78. The summed E-state index contributed by atoms with van der Waals surface area (Å²) in [4.78, 5) is 24.4. The Hall–Kier alpha value is -4.04. The molecule has 9 nitrogen and oxygen atoms in total. The number of carbonyl (C=O) groups is 2. The first-order valence-electron chi connectivity index (χ1n) is 11.7. The van der Waals surface area contributed by atoms with Gasteiger partial charge < -0.3 is 16.0 Å². The summed E-state index contributed by atoms with van der Waals surface area (Å²) in [6, 6.07) is 5.23. The molecule has 3 fully saturated rings. The van der Waals surface area contributed by atoms with Gasteiger partial charge in [-0.3, -0.25) is 14.9 Å². The number of aromatic nitrogens is 3. The molecule has 39 heavy (non-hydrogen) atoms. The highest BCUT2D eigenvalue weighted by molar-refractivity contribution is 6.03. The number of hydrogen-bond donors (Lipinski definition) is 3. The highest BCUT2D eigenvalue weighted by atomic mass is 19.4. The Balaban J connectivity index is 1.25. The first kappa shape index (κ1) is 26.6. The van der Waals surface area contributed by atoms with Gasteiger partial charge in [-0.25, -0.2) is 4.68 Å². The fourth-order valence-corrected chi connectivity index (χ4v) is 5.42. The summed E-state index contributed by atoms with van der Waals surface area (Å²) in [5, 5.41) is 10.2. The van der Waals surface area contributed by atoms with Crippen molar-refractivity contribution >= 4 is 23.5 Å². The highest BCUT2D eigenvalue weighted by Crippen LogP contribution is 2.78. The third kappa shape index (κ3) is 4.29. The standard InChI is InChI=1S/C24H22F6N6O3/c1-11(23(25,26)27)36-19(31)17(20(32)38)18(34-36)13-4-2-12(3-5-13)6-15(37)33-16-7-14(35-39-16)21-8-22(9-21,10-21)24(28,29)30/h2-5,7,11H,6,8-10,31H2,1H3,(H2,32,38)(H,33,37). The van der Waals surface area contributed by atoms with E-state index in [1.807, 2.05) is 0 Å². The number of anilines is 2. The molecule has 1 unspecified atom stereocenters. The summed E-state index contributed by atoms with van der Waals surface area (Å²) in [6.45, 7) is 0.838. The summed E-state index contributed by atoms with van der Waals surface area (Å²) in [6.07, 6.45) is -9.20. The molecule has 3 aliphatic rings. The van der Waals surface area contributed by atoms with Crippen molar-refractivity contribution in [3.05, 3.63) is 47.2 Å². The highest BCUT2D eigenvalue weighted by Gasteiger charge is 2.79. The summed E-state index contributed by atoms with van der Waals surface area (Å²) in [5.74, 6) is -2.07. The lowest BCUT2D eigenvalue weighted by Gasteiger charge is -2.69. The van der Waals surface area contributed by atoms with Crippen LogP contribution in [0.1, 0.15) is 53.8 Å². The predicted molar refractivity (Wildman–Crippen MR) is 124 cm³/mol. The number of amides is 2. The molecular formula is C24H22F6N6O3. The van der Waals surface area contributed by atoms with Crippen molar-refractivity contribution in [3.63, 3.8) is 0 Å². The van der Waals surface area contributed by atoms with E-state index in [1.54, 1.807) is 0 Å². The van der Waals surface area contributed by atoms with Gasteiger partial charge in [0.05, 0.1) is 17.5 Å². The van der Waals surface area contributed by atoms with Crippen LogP contribution in [0.15, 0.2) is 34.9 Å². The molecule has 1 aromatic carbocycles. The average molecular weight is 556 g/mol. The van der Waals surface area contributed by atoms with Gasteiger partial charge in [0, 0.05) is 17.0 Å². The molecule has 3 aliphatic carbocycles. The van der Waals surface area contributed by atoms with E-state index in [4.69, 9.17) is 16.0 Å². The third-order valence-electron chi connectivity index (χ3n) is 7.57. The normalized spacial score (nSPS) is 23.1. The van der Waals surface area contributed by atoms with Crippen LogP contribution in [-0.4, -0.2) is 39.1 Å². The van der Waals surface area contributed by atoms with E-state index in [1.165, 1.54) is 30.3 Å². The van der Waals surface area contributed by atoms with Crippen LogP contribution in [-0.2, 0) is 16.6 Å². The molecule has 2 aromatic heterocycles. The lowest BCUT2D eigenvalue weighted by Crippen LogP contribution is -2.70. The van der Waals surface area contributed by atoms with Crippen molar-refractivity contribution in [2.45, 2.75) is 56.4 Å². The van der Waals surface area contributed by atoms with Crippen molar-refractivity contribution < 1.29 is 40.5 Å². The van der Waals surface area contributed by atoms with Crippen LogP contribution in [0.4, 0.5) is 38.0 Å². The van der Waals surface area contributed by atoms with Gasteiger partial charge in [-0.05, 0) is 31.7 Å². The molecule has 3 aromatic rings. The Bertz CT molecular complexity index is 1440. The largest absolute Gasteiger partial charge is 0.410 e. The van der Waals surface area contributed by atoms with Crippen LogP contribution in [0.3, 0.4) is 0 Å². The summed E-state index contributed by atoms with van der Waals surface area (Å²) in [7, 11) is 0. The van der Waals surface area contributed by atoms with Gasteiger partial charge in [-0.2, -0.15) is 31.4 Å². The molecule has 2 heterocycles. The quantitative estimate of drug-likeness (QED) is 0.366. The van der Waals surface area contributed by atoms with Crippen molar-refractivity contribution in [1.82, 2.24) is 14.9 Å². The van der Waals surface area contributed by atoms with Crippen LogP contribution >= 0.6 is 0 Å². The fourth-order valence-electron chi connectivity index (χ4n) is 5.42. The van der Waals surface area contributed by atoms with E-state index >= 15 is 0 Å². The van der Waals surface area contributed by atoms with Crippen LogP contribution in [0, 0.1) is 5.41 Å². The number of alkyl halides is 6. The number of halogens is 6. The monoisotopic (exact) mass is 556 g/mol. The SMILES string of the molecule is CC(n1nc(-c2ccc(CC(=O)Nc3cc(C45CC(C(F)(F)F)(C4)C5)no3)cc2)c(C(N)=O)c1N)C(F)(F)F. The molecule has 0 aliphatic heterocycles. The fraction of sp³-hybridized carbons (Fsp3) is 0.417. The zero-order valence-corrected chi connectivity index (χ0v) is 20.3. The second-order valence-electron chi connectivity index (χ2n) is 10.2. The lowest BCUT2D eigenvalue weighted by atomic mass is 9.34. The molecule has 15 heteroatoms. The van der Waals surface area contributed by atoms with Gasteiger partial charge in [0.2, 0.25) is 11.8 Å². The number of primary amides is 1. The van der Waals surface area contributed by atoms with Crippen LogP contribution < -0.4 is 16.8 Å². The van der Waals surface area contributed by atoms with E-state index in [2.05, 4.69) is 15.6 Å². The third-order valence-corrected chi connectivity index (χ3v) is 7.57. The summed E-state index contributed by atoms with van der Waals surface area (Å²) >= 11 is 0. The summed E-state index contributed by atoms with van der Waals surface area (Å²) < 4.78 is 84.5. The molecule has 2 amide bonds. The number of benzene rings is 1. The minimum Gasteiger partial charge on any atom is -0.383 e. The second kappa shape index (κ2) is 8.48. The van der Waals surface area contributed by atoms with Crippen LogP contribution in [0.5, 0.6) is 0 Å². The maximum absolute atomic E-state index is 13.2. The summed E-state index contributed by atoms with van der Waals surface area (Å²) in [5.41, 5.74) is 9.42. The molecule has 0 spiro atoms. The maximum Gasteiger partial charge on any atom is 0.410 e. The van der Waals surface area contributed by atoms with Gasteiger partial charge in [0.15, 0.2) is 0 Å². The Morgan fingerprint density at radius 3 is 2.28 bits per heavy atom. The van der Waals surface area contributed by atoms with Crippen molar-refractivity contribution in [2.24, 2.45) is 11.1 Å². The Labute approximate surface area is 216 Å². The number of hydrogen-bond acceptors (Lipinski definition) is 6. The average Bonchev–Trinajstić information content (AvgIpc) is 3.34.